The van der Waals surface area contributed by atoms with Crippen LogP contribution in [0.1, 0.15) is 10.4 Å². The normalized spacial score (nSPS) is 10.4. The number of carbonyl (C=O) groups excluding carboxylic acids is 1. The van der Waals surface area contributed by atoms with E-state index in [2.05, 4.69) is 4.98 Å². The molecule has 1 aromatic carbocycles. The molecule has 0 bridgehead atoms. The molecule has 20 heavy (non-hydrogen) atoms. The van der Waals surface area contributed by atoms with Gasteiger partial charge in [-0.25, -0.2) is 22.5 Å². The molecule has 0 aliphatic rings. The number of halogens is 4. The summed E-state index contributed by atoms with van der Waals surface area (Å²) >= 11 is 0. The first-order valence-electron chi connectivity index (χ1n) is 5.26. The fraction of sp³-hybridized carbons (Fsp3) is 0. The number of nitrogens with two attached hydrogens (primary N) is 1. The third-order valence-corrected chi connectivity index (χ3v) is 2.39. The van der Waals surface area contributed by atoms with Crippen LogP contribution in [0.2, 0.25) is 0 Å². The van der Waals surface area contributed by atoms with E-state index in [1.807, 2.05) is 0 Å². The molecule has 0 aliphatic heterocycles. The standard InChI is InChI=1S/C12H7F4N3O/c13-6-4-7(14)10(16)11(9(6)15)19-12(20)5-1-2-18-8(17)3-5/h1-4H,(H2,17,18)(H,19,20). The van der Waals surface area contributed by atoms with Crippen LogP contribution < -0.4 is 11.1 Å². The highest BCUT2D eigenvalue weighted by Gasteiger charge is 2.21. The van der Waals surface area contributed by atoms with Crippen molar-refractivity contribution in [2.45, 2.75) is 0 Å². The maximum absolute atomic E-state index is 13.4. The second-order valence-corrected chi connectivity index (χ2v) is 3.77. The number of nitrogens with one attached hydrogen (secondary N) is 1. The summed E-state index contributed by atoms with van der Waals surface area (Å²) in [5, 5.41) is 1.75. The van der Waals surface area contributed by atoms with Gasteiger partial charge in [0.2, 0.25) is 0 Å². The summed E-state index contributed by atoms with van der Waals surface area (Å²) in [5.41, 5.74) is 4.06. The zero-order valence-corrected chi connectivity index (χ0v) is 9.75. The largest absolute Gasteiger partial charge is 0.384 e. The van der Waals surface area contributed by atoms with Crippen LogP contribution in [0.4, 0.5) is 29.1 Å². The average Bonchev–Trinajstić information content (AvgIpc) is 2.41. The average molecular weight is 285 g/mol. The van der Waals surface area contributed by atoms with Crippen molar-refractivity contribution < 1.29 is 22.4 Å². The molecule has 3 N–H and O–H groups in total. The number of rotatable bonds is 2. The Morgan fingerprint density at radius 3 is 2.25 bits per heavy atom. The third kappa shape index (κ3) is 2.53. The fourth-order valence-corrected chi connectivity index (χ4v) is 1.46. The summed E-state index contributed by atoms with van der Waals surface area (Å²) < 4.78 is 52.7. The minimum Gasteiger partial charge on any atom is -0.384 e. The van der Waals surface area contributed by atoms with Gasteiger partial charge in [0.05, 0.1) is 0 Å². The molecule has 0 spiro atoms. The molecule has 8 heteroatoms. The van der Waals surface area contributed by atoms with Gasteiger partial charge in [0.25, 0.3) is 5.91 Å². The topological polar surface area (TPSA) is 68.0 Å². The Labute approximate surface area is 110 Å². The Bertz CT molecular complexity index is 664. The van der Waals surface area contributed by atoms with Crippen LogP contribution in [0.15, 0.2) is 24.4 Å². The van der Waals surface area contributed by atoms with Crippen LogP contribution >= 0.6 is 0 Å². The number of nitrogens with zero attached hydrogens (tertiary/aromatic N) is 1. The molecule has 0 unspecified atom stereocenters. The van der Waals surface area contributed by atoms with Gasteiger partial charge >= 0.3 is 0 Å². The number of carbonyl (C=O) groups is 1. The minimum atomic E-state index is -1.70. The summed E-state index contributed by atoms with van der Waals surface area (Å²) in [4.78, 5) is 15.3. The van der Waals surface area contributed by atoms with E-state index in [0.29, 0.717) is 0 Å². The van der Waals surface area contributed by atoms with Crippen LogP contribution in [0, 0.1) is 23.3 Å². The van der Waals surface area contributed by atoms with Gasteiger partial charge in [-0.05, 0) is 12.1 Å². The monoisotopic (exact) mass is 285 g/mol. The molecular formula is C12H7F4N3O. The molecule has 1 aromatic heterocycles. The van der Waals surface area contributed by atoms with Gasteiger partial charge in [-0.3, -0.25) is 4.79 Å². The lowest BCUT2D eigenvalue weighted by atomic mass is 10.2. The van der Waals surface area contributed by atoms with E-state index >= 15 is 0 Å². The lowest BCUT2D eigenvalue weighted by molar-refractivity contribution is 0.102. The van der Waals surface area contributed by atoms with Crippen molar-refractivity contribution in [1.82, 2.24) is 4.98 Å². The molecule has 104 valence electrons. The van der Waals surface area contributed by atoms with E-state index in [9.17, 15) is 22.4 Å². The van der Waals surface area contributed by atoms with Crippen LogP contribution in [0.3, 0.4) is 0 Å². The van der Waals surface area contributed by atoms with Gasteiger partial charge in [-0.15, -0.1) is 0 Å². The van der Waals surface area contributed by atoms with E-state index in [-0.39, 0.29) is 17.4 Å². The number of pyridine rings is 1. The molecule has 0 fully saturated rings. The smallest absolute Gasteiger partial charge is 0.256 e. The van der Waals surface area contributed by atoms with Gasteiger partial charge in [0.1, 0.15) is 11.5 Å². The SMILES string of the molecule is Nc1cc(C(=O)Nc2c(F)c(F)cc(F)c2F)ccn1. The first kappa shape index (κ1) is 13.8. The molecule has 0 atom stereocenters. The number of amides is 1. The van der Waals surface area contributed by atoms with E-state index in [4.69, 9.17) is 5.73 Å². The molecule has 4 nitrogen and oxygen atoms in total. The van der Waals surface area contributed by atoms with Gasteiger partial charge < -0.3 is 11.1 Å². The Kier molecular flexibility index (Phi) is 3.55. The predicted molar refractivity (Wildman–Crippen MR) is 62.9 cm³/mol. The molecule has 0 saturated heterocycles. The van der Waals surface area contributed by atoms with Crippen molar-refractivity contribution in [1.29, 1.82) is 0 Å². The molecule has 2 aromatic rings. The molecule has 0 aliphatic carbocycles. The Hall–Kier alpha value is -2.64. The second kappa shape index (κ2) is 5.16. The number of nitrogen functional groups attached to an aromatic ring is 1. The van der Waals surface area contributed by atoms with Gasteiger partial charge in [0.15, 0.2) is 23.3 Å². The van der Waals surface area contributed by atoms with Crippen molar-refractivity contribution in [2.24, 2.45) is 0 Å². The zero-order chi connectivity index (χ0) is 14.9. The van der Waals surface area contributed by atoms with Gasteiger partial charge in [-0.2, -0.15) is 0 Å². The molecular weight excluding hydrogens is 278 g/mol. The van der Waals surface area contributed by atoms with Crippen LogP contribution in [-0.2, 0) is 0 Å². The van der Waals surface area contributed by atoms with Crippen molar-refractivity contribution in [2.75, 3.05) is 11.1 Å². The highest BCUT2D eigenvalue weighted by Crippen LogP contribution is 2.24. The molecule has 1 heterocycles. The number of aromatic nitrogens is 1. The summed E-state index contributed by atoms with van der Waals surface area (Å²) in [7, 11) is 0. The minimum absolute atomic E-state index is 0.00372. The van der Waals surface area contributed by atoms with Crippen molar-refractivity contribution in [3.8, 4) is 0 Å². The molecule has 2 rings (SSSR count). The number of benzene rings is 1. The van der Waals surface area contributed by atoms with Crippen LogP contribution in [-0.4, -0.2) is 10.9 Å². The van der Waals surface area contributed by atoms with Crippen molar-refractivity contribution in [3.05, 3.63) is 53.2 Å². The maximum Gasteiger partial charge on any atom is 0.256 e. The van der Waals surface area contributed by atoms with E-state index < -0.39 is 34.9 Å². The lowest BCUT2D eigenvalue weighted by Crippen LogP contribution is -2.16. The second-order valence-electron chi connectivity index (χ2n) is 3.77. The van der Waals surface area contributed by atoms with Gasteiger partial charge in [0, 0.05) is 17.8 Å². The predicted octanol–water partition coefficient (Wildman–Crippen LogP) is 2.47. The number of anilines is 2. The molecule has 0 radical (unpaired) electrons. The zero-order valence-electron chi connectivity index (χ0n) is 9.75. The maximum atomic E-state index is 13.4. The van der Waals surface area contributed by atoms with E-state index in [0.717, 1.165) is 6.07 Å². The fourth-order valence-electron chi connectivity index (χ4n) is 1.46. The Balaban J connectivity index is 2.38. The van der Waals surface area contributed by atoms with Gasteiger partial charge in [-0.1, -0.05) is 0 Å². The summed E-state index contributed by atoms with van der Waals surface area (Å²) in [6.07, 6.45) is 1.20. The first-order chi connectivity index (χ1) is 9.40. The molecule has 1 amide bonds. The van der Waals surface area contributed by atoms with E-state index in [1.54, 1.807) is 5.32 Å². The number of hydrogen-bond acceptors (Lipinski definition) is 3. The number of hydrogen-bond donors (Lipinski definition) is 2. The Morgan fingerprint density at radius 1 is 1.10 bits per heavy atom. The van der Waals surface area contributed by atoms with Crippen LogP contribution in [0.5, 0.6) is 0 Å². The quantitative estimate of drug-likeness (QED) is 0.658. The van der Waals surface area contributed by atoms with Crippen molar-refractivity contribution in [3.63, 3.8) is 0 Å². The van der Waals surface area contributed by atoms with Crippen molar-refractivity contribution >= 4 is 17.4 Å². The van der Waals surface area contributed by atoms with Crippen LogP contribution in [0.25, 0.3) is 0 Å². The third-order valence-electron chi connectivity index (χ3n) is 2.39. The highest BCUT2D eigenvalue weighted by atomic mass is 19.2. The first-order valence-corrected chi connectivity index (χ1v) is 5.26. The molecule has 0 saturated carbocycles. The summed E-state index contributed by atoms with van der Waals surface area (Å²) in [6.45, 7) is 0. The lowest BCUT2D eigenvalue weighted by Gasteiger charge is -2.09. The van der Waals surface area contributed by atoms with E-state index in [1.165, 1.54) is 12.3 Å². The summed E-state index contributed by atoms with van der Waals surface area (Å²) in [5.74, 6) is -7.61. The highest BCUT2D eigenvalue weighted by molar-refractivity contribution is 6.04. The Morgan fingerprint density at radius 2 is 1.70 bits per heavy atom. The summed E-state index contributed by atoms with van der Waals surface area (Å²) in [6, 6.07) is 2.41.